The van der Waals surface area contributed by atoms with Crippen LogP contribution in [0.5, 0.6) is 11.8 Å². The lowest BCUT2D eigenvalue weighted by Crippen LogP contribution is -2.48. The maximum absolute atomic E-state index is 12.4. The lowest BCUT2D eigenvalue weighted by Gasteiger charge is -2.23. The number of nitrogens with zero attached hydrogens (tertiary/aromatic N) is 1. The number of alkyl carbamates (subject to hydrolysis) is 1. The van der Waals surface area contributed by atoms with Crippen LogP contribution in [0.2, 0.25) is 0 Å². The third kappa shape index (κ3) is 8.42. The first kappa shape index (κ1) is 23.5. The van der Waals surface area contributed by atoms with Crippen molar-refractivity contribution >= 4 is 29.1 Å². The molecule has 10 nitrogen and oxygen atoms in total. The maximum Gasteiger partial charge on any atom is 0.408 e. The second-order valence-electron chi connectivity index (χ2n) is 7.73. The zero-order valence-electron chi connectivity index (χ0n) is 16.6. The monoisotopic (exact) mass is 418 g/mol. The van der Waals surface area contributed by atoms with Crippen molar-refractivity contribution < 1.29 is 38.9 Å². The summed E-state index contributed by atoms with van der Waals surface area (Å²) < 4.78 is 10.7. The lowest BCUT2D eigenvalue weighted by atomic mass is 10.2. The van der Waals surface area contributed by atoms with Crippen LogP contribution in [0.25, 0.3) is 0 Å². The van der Waals surface area contributed by atoms with Crippen LogP contribution in [0.1, 0.15) is 41.5 Å². The lowest BCUT2D eigenvalue weighted by molar-refractivity contribution is -0.147. The van der Waals surface area contributed by atoms with Gasteiger partial charge in [-0.2, -0.15) is 0 Å². The molecule has 1 rings (SSSR count). The van der Waals surface area contributed by atoms with Crippen molar-refractivity contribution in [2.75, 3.05) is 5.75 Å². The minimum absolute atomic E-state index is 0.226. The molecule has 0 saturated heterocycles. The van der Waals surface area contributed by atoms with E-state index in [1.807, 2.05) is 0 Å². The molecule has 0 bridgehead atoms. The second kappa shape index (κ2) is 9.09. The molecule has 28 heavy (non-hydrogen) atoms. The molecule has 1 amide bonds. The summed E-state index contributed by atoms with van der Waals surface area (Å²) >= 11 is 0.654. The van der Waals surface area contributed by atoms with Crippen LogP contribution >= 0.6 is 11.8 Å². The van der Waals surface area contributed by atoms with Crippen LogP contribution in [-0.4, -0.2) is 55.3 Å². The predicted molar refractivity (Wildman–Crippen MR) is 101 cm³/mol. The molecule has 0 saturated carbocycles. The Balaban J connectivity index is 2.85. The first-order valence-electron chi connectivity index (χ1n) is 8.35. The molecule has 1 heterocycles. The molecule has 1 aromatic rings. The van der Waals surface area contributed by atoms with E-state index < -0.39 is 46.4 Å². The number of nitrogens with one attached hydrogen (secondary N) is 1. The average Bonchev–Trinajstić information content (AvgIpc) is 2.79. The van der Waals surface area contributed by atoms with Gasteiger partial charge in [0.1, 0.15) is 17.2 Å². The van der Waals surface area contributed by atoms with Gasteiger partial charge in [-0.05, 0) is 53.3 Å². The van der Waals surface area contributed by atoms with E-state index in [1.54, 1.807) is 41.5 Å². The molecule has 0 aliphatic carbocycles. The van der Waals surface area contributed by atoms with E-state index in [-0.39, 0.29) is 5.75 Å². The van der Waals surface area contributed by atoms with Gasteiger partial charge in [-0.3, -0.25) is 0 Å². The highest BCUT2D eigenvalue weighted by Crippen LogP contribution is 2.20. The third-order valence-corrected chi connectivity index (χ3v) is 3.53. The van der Waals surface area contributed by atoms with Crippen molar-refractivity contribution in [3.05, 3.63) is 12.1 Å². The SMILES string of the molecule is CC(C)(C)OC(=O)N[C@H](CSC(=O)OC(C)(C)C)C(=O)On1c(O)ccc1O. The van der Waals surface area contributed by atoms with Gasteiger partial charge in [-0.1, -0.05) is 0 Å². The van der Waals surface area contributed by atoms with Crippen LogP contribution < -0.4 is 10.2 Å². The number of hydrogen-bond acceptors (Lipinski definition) is 9. The van der Waals surface area contributed by atoms with Gasteiger partial charge in [0.2, 0.25) is 11.8 Å². The summed E-state index contributed by atoms with van der Waals surface area (Å²) in [7, 11) is 0. The van der Waals surface area contributed by atoms with E-state index >= 15 is 0 Å². The van der Waals surface area contributed by atoms with Gasteiger partial charge in [0.25, 0.3) is 0 Å². The van der Waals surface area contributed by atoms with E-state index in [1.165, 1.54) is 0 Å². The fraction of sp³-hybridized carbons (Fsp3) is 0.588. The van der Waals surface area contributed by atoms with Gasteiger partial charge in [-0.25, -0.2) is 14.4 Å². The average molecular weight is 418 g/mol. The van der Waals surface area contributed by atoms with Crippen molar-refractivity contribution in [2.45, 2.75) is 58.8 Å². The van der Waals surface area contributed by atoms with Gasteiger partial charge in [0.05, 0.1) is 0 Å². The van der Waals surface area contributed by atoms with E-state index in [9.17, 15) is 24.6 Å². The molecule has 3 N–H and O–H groups in total. The molecule has 158 valence electrons. The number of carbonyl (C=O) groups excluding carboxylic acids is 3. The molecule has 0 aliphatic heterocycles. The van der Waals surface area contributed by atoms with Gasteiger partial charge in [0, 0.05) is 17.9 Å². The van der Waals surface area contributed by atoms with Crippen LogP contribution in [0.4, 0.5) is 9.59 Å². The number of aromatic nitrogens is 1. The van der Waals surface area contributed by atoms with Crippen molar-refractivity contribution in [1.82, 2.24) is 10.0 Å². The molecule has 0 aromatic carbocycles. The minimum atomic E-state index is -1.33. The van der Waals surface area contributed by atoms with Crippen molar-refractivity contribution in [1.29, 1.82) is 0 Å². The summed E-state index contributed by atoms with van der Waals surface area (Å²) in [4.78, 5) is 41.2. The van der Waals surface area contributed by atoms with Crippen molar-refractivity contribution in [3.8, 4) is 11.8 Å². The zero-order chi connectivity index (χ0) is 21.7. The normalized spacial score (nSPS) is 12.8. The Morgan fingerprint density at radius 2 is 1.54 bits per heavy atom. The molecular formula is C17H26N2O8S. The highest BCUT2D eigenvalue weighted by molar-refractivity contribution is 8.13. The smallest absolute Gasteiger partial charge is 0.408 e. The summed E-state index contributed by atoms with van der Waals surface area (Å²) in [5.41, 5.74) is -1.53. The number of aromatic hydroxyl groups is 2. The van der Waals surface area contributed by atoms with Crippen LogP contribution in [-0.2, 0) is 14.3 Å². The molecule has 11 heteroatoms. The standard InChI is InChI=1S/C17H26N2O8S/c1-16(2,3)25-14(23)18-10(9-28-15(24)26-17(4,5)6)13(22)27-19-11(20)7-8-12(19)21/h7-8,10,20-21H,9H2,1-6H3,(H,18,23)/t10-/m1/s1. The summed E-state index contributed by atoms with van der Waals surface area (Å²) in [5, 5.41) is 20.8. The fourth-order valence-electron chi connectivity index (χ4n) is 1.70. The van der Waals surface area contributed by atoms with Crippen LogP contribution in [0.15, 0.2) is 12.1 Å². The van der Waals surface area contributed by atoms with Crippen molar-refractivity contribution in [3.63, 3.8) is 0 Å². The second-order valence-corrected chi connectivity index (χ2v) is 8.68. The summed E-state index contributed by atoms with van der Waals surface area (Å²) in [6.45, 7) is 10.00. The van der Waals surface area contributed by atoms with E-state index in [0.29, 0.717) is 16.5 Å². The van der Waals surface area contributed by atoms with Gasteiger partial charge in [0.15, 0.2) is 0 Å². The molecule has 0 radical (unpaired) electrons. The molecule has 0 fully saturated rings. The number of amides is 1. The molecule has 0 spiro atoms. The summed E-state index contributed by atoms with van der Waals surface area (Å²) in [6.07, 6.45) is -0.903. The first-order chi connectivity index (χ1) is 12.7. The number of thioether (sulfide) groups is 1. The Bertz CT molecular complexity index is 698. The quantitative estimate of drug-likeness (QED) is 0.616. The third-order valence-electron chi connectivity index (χ3n) is 2.71. The predicted octanol–water partition coefficient (Wildman–Crippen LogP) is 2.42. The number of ether oxygens (including phenoxy) is 2. The van der Waals surface area contributed by atoms with E-state index in [2.05, 4.69) is 5.32 Å². The summed E-state index contributed by atoms with van der Waals surface area (Å²) in [5.74, 6) is -2.32. The largest absolute Gasteiger partial charge is 0.492 e. The molecule has 0 unspecified atom stereocenters. The Morgan fingerprint density at radius 1 is 1.04 bits per heavy atom. The van der Waals surface area contributed by atoms with Crippen molar-refractivity contribution in [2.24, 2.45) is 0 Å². The highest BCUT2D eigenvalue weighted by atomic mass is 32.2. The van der Waals surface area contributed by atoms with Crippen LogP contribution in [0, 0.1) is 0 Å². The topological polar surface area (TPSA) is 136 Å². The van der Waals surface area contributed by atoms with Gasteiger partial charge < -0.3 is 29.8 Å². The van der Waals surface area contributed by atoms with Gasteiger partial charge >= 0.3 is 17.4 Å². The number of carbonyl (C=O) groups is 3. The number of rotatable bonds is 5. The fourth-order valence-corrected chi connectivity index (χ4v) is 2.53. The Labute approximate surface area is 167 Å². The first-order valence-corrected chi connectivity index (χ1v) is 9.33. The molecule has 1 aromatic heterocycles. The molecule has 1 atom stereocenters. The van der Waals surface area contributed by atoms with E-state index in [4.69, 9.17) is 14.3 Å². The maximum atomic E-state index is 12.4. The van der Waals surface area contributed by atoms with Crippen LogP contribution in [0.3, 0.4) is 0 Å². The zero-order valence-corrected chi connectivity index (χ0v) is 17.5. The minimum Gasteiger partial charge on any atom is -0.492 e. The Kier molecular flexibility index (Phi) is 7.62. The molecule has 0 aliphatic rings. The Hall–Kier alpha value is -2.56. The molecular weight excluding hydrogens is 392 g/mol. The van der Waals surface area contributed by atoms with Gasteiger partial charge in [-0.15, -0.1) is 4.73 Å². The Morgan fingerprint density at radius 3 is 2.00 bits per heavy atom. The summed E-state index contributed by atoms with van der Waals surface area (Å²) in [6, 6.07) is 0.886. The van der Waals surface area contributed by atoms with E-state index in [0.717, 1.165) is 12.1 Å². The number of hydrogen-bond donors (Lipinski definition) is 3. The highest BCUT2D eigenvalue weighted by Gasteiger charge is 2.29.